The number of hydrogen-bond acceptors (Lipinski definition) is 4. The predicted octanol–water partition coefficient (Wildman–Crippen LogP) is 2.17. The highest BCUT2D eigenvalue weighted by Gasteiger charge is 2.31. The maximum atomic E-state index is 4.36. The van der Waals surface area contributed by atoms with E-state index in [0.29, 0.717) is 0 Å². The summed E-state index contributed by atoms with van der Waals surface area (Å²) in [6, 6.07) is 1.57. The van der Waals surface area contributed by atoms with E-state index >= 15 is 0 Å². The molecule has 1 saturated carbocycles. The van der Waals surface area contributed by atoms with Crippen molar-refractivity contribution in [1.29, 1.82) is 0 Å². The van der Waals surface area contributed by atoms with Crippen molar-refractivity contribution >= 4 is 11.3 Å². The lowest BCUT2D eigenvalue weighted by Gasteiger charge is -2.25. The topological polar surface area (TPSA) is 28.2 Å². The molecule has 1 aliphatic heterocycles. The van der Waals surface area contributed by atoms with E-state index in [-0.39, 0.29) is 0 Å². The molecule has 1 aromatic rings. The molecule has 1 saturated heterocycles. The van der Waals surface area contributed by atoms with Crippen molar-refractivity contribution in [3.63, 3.8) is 0 Å². The van der Waals surface area contributed by atoms with Crippen LogP contribution in [0.3, 0.4) is 0 Å². The second-order valence-corrected chi connectivity index (χ2v) is 6.25. The number of nitrogens with one attached hydrogen (secondary N) is 1. The van der Waals surface area contributed by atoms with Crippen molar-refractivity contribution < 1.29 is 0 Å². The molecule has 2 fully saturated rings. The van der Waals surface area contributed by atoms with E-state index in [1.54, 1.807) is 0 Å². The third-order valence-electron chi connectivity index (χ3n) is 3.87. The lowest BCUT2D eigenvalue weighted by Crippen LogP contribution is -2.38. The first-order valence-electron chi connectivity index (χ1n) is 6.69. The summed E-state index contributed by atoms with van der Waals surface area (Å²) in [4.78, 5) is 8.48. The van der Waals surface area contributed by atoms with Crippen LogP contribution in [0.1, 0.15) is 36.3 Å². The van der Waals surface area contributed by atoms with Gasteiger partial charge in [-0.3, -0.25) is 4.90 Å². The summed E-state index contributed by atoms with van der Waals surface area (Å²) < 4.78 is 0. The average molecular weight is 251 g/mol. The highest BCUT2D eigenvalue weighted by atomic mass is 32.1. The zero-order chi connectivity index (χ0) is 11.7. The summed E-state index contributed by atoms with van der Waals surface area (Å²) in [5.41, 5.74) is 3.20. The van der Waals surface area contributed by atoms with Crippen molar-refractivity contribution in [2.45, 2.75) is 51.2 Å². The fourth-order valence-electron chi connectivity index (χ4n) is 2.64. The van der Waals surface area contributed by atoms with Crippen molar-refractivity contribution in [2.75, 3.05) is 13.1 Å². The zero-order valence-corrected chi connectivity index (χ0v) is 11.3. The summed E-state index contributed by atoms with van der Waals surface area (Å²) in [5.74, 6) is 0. The van der Waals surface area contributed by atoms with Crippen molar-refractivity contribution in [3.05, 3.63) is 16.1 Å². The largest absolute Gasteiger partial charge is 0.313 e. The quantitative estimate of drug-likeness (QED) is 0.869. The van der Waals surface area contributed by atoms with Crippen molar-refractivity contribution in [1.82, 2.24) is 15.2 Å². The van der Waals surface area contributed by atoms with Crippen molar-refractivity contribution in [3.8, 4) is 0 Å². The Morgan fingerprint density at radius 2 is 2.35 bits per heavy atom. The first kappa shape index (κ1) is 11.6. The number of thiazole rings is 1. The van der Waals surface area contributed by atoms with E-state index in [0.717, 1.165) is 18.6 Å². The molecule has 3 rings (SSSR count). The van der Waals surface area contributed by atoms with Crippen LogP contribution in [0, 0.1) is 6.92 Å². The molecule has 94 valence electrons. The second-order valence-electron chi connectivity index (χ2n) is 5.31. The van der Waals surface area contributed by atoms with E-state index in [1.165, 1.54) is 49.3 Å². The Bertz CT molecular complexity index is 366. The molecule has 1 N–H and O–H groups in total. The third-order valence-corrected chi connectivity index (χ3v) is 4.79. The highest BCUT2D eigenvalue weighted by Crippen LogP contribution is 2.30. The fourth-order valence-corrected chi connectivity index (χ4v) is 3.44. The Balaban J connectivity index is 1.61. The summed E-state index contributed by atoms with van der Waals surface area (Å²) >= 11 is 1.81. The van der Waals surface area contributed by atoms with Gasteiger partial charge >= 0.3 is 0 Å². The van der Waals surface area contributed by atoms with Crippen LogP contribution in [-0.2, 0) is 6.54 Å². The van der Waals surface area contributed by atoms with Crippen LogP contribution >= 0.6 is 11.3 Å². The second kappa shape index (κ2) is 5.04. The minimum absolute atomic E-state index is 0.726. The molecular weight excluding hydrogens is 230 g/mol. The van der Waals surface area contributed by atoms with E-state index < -0.39 is 0 Å². The van der Waals surface area contributed by atoms with Gasteiger partial charge in [0.15, 0.2) is 0 Å². The molecule has 0 radical (unpaired) electrons. The summed E-state index contributed by atoms with van der Waals surface area (Å²) in [5, 5.41) is 3.61. The molecule has 1 unspecified atom stereocenters. The summed E-state index contributed by atoms with van der Waals surface area (Å²) in [6.45, 7) is 5.68. The molecule has 4 heteroatoms. The van der Waals surface area contributed by atoms with Gasteiger partial charge in [0.05, 0.1) is 11.2 Å². The third kappa shape index (κ3) is 2.87. The monoisotopic (exact) mass is 251 g/mol. The van der Waals surface area contributed by atoms with Crippen LogP contribution in [0.4, 0.5) is 0 Å². The Morgan fingerprint density at radius 1 is 1.47 bits per heavy atom. The molecule has 1 aliphatic carbocycles. The summed E-state index contributed by atoms with van der Waals surface area (Å²) in [6.07, 6.45) is 5.49. The van der Waals surface area contributed by atoms with Crippen LogP contribution in [-0.4, -0.2) is 35.1 Å². The molecule has 1 atom stereocenters. The zero-order valence-electron chi connectivity index (χ0n) is 10.5. The molecular formula is C13H21N3S. The van der Waals surface area contributed by atoms with Gasteiger partial charge in [-0.05, 0) is 39.2 Å². The molecule has 0 aromatic carbocycles. The molecule has 2 aliphatic rings. The fraction of sp³-hybridized carbons (Fsp3) is 0.769. The van der Waals surface area contributed by atoms with E-state index in [2.05, 4.69) is 22.1 Å². The predicted molar refractivity (Wildman–Crippen MR) is 71.3 cm³/mol. The van der Waals surface area contributed by atoms with Crippen molar-refractivity contribution in [2.24, 2.45) is 0 Å². The molecule has 17 heavy (non-hydrogen) atoms. The van der Waals surface area contributed by atoms with Gasteiger partial charge in [0, 0.05) is 30.1 Å². The van der Waals surface area contributed by atoms with Gasteiger partial charge in [-0.25, -0.2) is 4.98 Å². The van der Waals surface area contributed by atoms with Crippen LogP contribution in [0.5, 0.6) is 0 Å². The number of aryl methyl sites for hydroxylation is 1. The first-order chi connectivity index (χ1) is 8.33. The van der Waals surface area contributed by atoms with Crippen LogP contribution in [0.25, 0.3) is 0 Å². The number of hydrogen-bond donors (Lipinski definition) is 1. The van der Waals surface area contributed by atoms with Gasteiger partial charge in [0.1, 0.15) is 0 Å². The summed E-state index contributed by atoms with van der Waals surface area (Å²) in [7, 11) is 0. The van der Waals surface area contributed by atoms with Gasteiger partial charge in [-0.1, -0.05) is 0 Å². The normalized spacial score (nSPS) is 24.7. The maximum Gasteiger partial charge on any atom is 0.0798 e. The Kier molecular flexibility index (Phi) is 3.45. The first-order valence-corrected chi connectivity index (χ1v) is 7.57. The van der Waals surface area contributed by atoms with E-state index in [1.807, 2.05) is 16.8 Å². The van der Waals surface area contributed by atoms with E-state index in [4.69, 9.17) is 0 Å². The maximum absolute atomic E-state index is 4.36. The smallest absolute Gasteiger partial charge is 0.0798 e. The number of rotatable bonds is 5. The average Bonchev–Trinajstić information content (AvgIpc) is 2.91. The molecule has 0 amide bonds. The van der Waals surface area contributed by atoms with Gasteiger partial charge < -0.3 is 5.32 Å². The molecule has 3 nitrogen and oxygen atoms in total. The molecule has 0 bridgehead atoms. The Hall–Kier alpha value is -0.450. The minimum Gasteiger partial charge on any atom is -0.313 e. The Morgan fingerprint density at radius 3 is 2.94 bits per heavy atom. The molecule has 1 aromatic heterocycles. The highest BCUT2D eigenvalue weighted by molar-refractivity contribution is 7.09. The molecule has 2 heterocycles. The van der Waals surface area contributed by atoms with Crippen LogP contribution < -0.4 is 5.32 Å². The van der Waals surface area contributed by atoms with Gasteiger partial charge in [0.2, 0.25) is 0 Å². The Labute approximate surface area is 107 Å². The van der Waals surface area contributed by atoms with E-state index in [9.17, 15) is 0 Å². The molecule has 0 spiro atoms. The lowest BCUT2D eigenvalue weighted by molar-refractivity contribution is 0.232. The standard InChI is InChI=1S/C13H21N3S/c1-10-13(17-9-15-10)8-16(12-4-5-12)7-11-3-2-6-14-11/h9,11-12,14H,2-8H2,1H3. The van der Waals surface area contributed by atoms with Gasteiger partial charge in [0.25, 0.3) is 0 Å². The van der Waals surface area contributed by atoms with Crippen LogP contribution in [0.15, 0.2) is 5.51 Å². The lowest BCUT2D eigenvalue weighted by atomic mass is 10.2. The number of nitrogens with zero attached hydrogens (tertiary/aromatic N) is 2. The van der Waals surface area contributed by atoms with Crippen LogP contribution in [0.2, 0.25) is 0 Å². The SMILES string of the molecule is Cc1ncsc1CN(CC1CCCN1)C1CC1. The number of aromatic nitrogens is 1. The van der Waals surface area contributed by atoms with Gasteiger partial charge in [-0.2, -0.15) is 0 Å². The van der Waals surface area contributed by atoms with Gasteiger partial charge in [-0.15, -0.1) is 11.3 Å². The minimum atomic E-state index is 0.726.